The van der Waals surface area contributed by atoms with Gasteiger partial charge in [-0.05, 0) is 54.3 Å². The predicted octanol–water partition coefficient (Wildman–Crippen LogP) is 6.77. The minimum absolute atomic E-state index is 0.0561. The zero-order chi connectivity index (χ0) is 28.8. The van der Waals surface area contributed by atoms with Crippen LogP contribution < -0.4 is 5.32 Å². The number of aromatic hydroxyl groups is 1. The van der Waals surface area contributed by atoms with E-state index < -0.39 is 54.8 Å². The van der Waals surface area contributed by atoms with E-state index in [1.165, 1.54) is 19.1 Å². The number of sulfone groups is 1. The van der Waals surface area contributed by atoms with Crippen LogP contribution >= 0.6 is 15.9 Å². The number of nitrogens with one attached hydrogen (secondary N) is 1. The van der Waals surface area contributed by atoms with Gasteiger partial charge in [0.05, 0.1) is 31.5 Å². The molecule has 0 fully saturated rings. The molecule has 2 N–H and O–H groups in total. The molecular weight excluding hydrogens is 593 g/mol. The largest absolute Gasteiger partial charge is 0.507 e. The molecule has 0 aliphatic carbocycles. The summed E-state index contributed by atoms with van der Waals surface area (Å²) in [6.45, 7) is 6.19. The van der Waals surface area contributed by atoms with Crippen LogP contribution in [0.2, 0.25) is 0 Å². The van der Waals surface area contributed by atoms with E-state index in [0.717, 1.165) is 36.4 Å². The van der Waals surface area contributed by atoms with Crippen molar-refractivity contribution in [2.75, 3.05) is 5.32 Å². The second-order valence-electron chi connectivity index (χ2n) is 9.42. The Hall–Kier alpha value is -3.45. The molecule has 1 amide bonds. The molecule has 0 aliphatic heterocycles. The average molecular weight is 615 g/mol. The quantitative estimate of drug-likeness (QED) is 0.241. The highest BCUT2D eigenvalue weighted by Crippen LogP contribution is 2.41. The summed E-state index contributed by atoms with van der Waals surface area (Å²) < 4.78 is 68.0. The van der Waals surface area contributed by atoms with Crippen molar-refractivity contribution in [2.45, 2.75) is 49.1 Å². The molecule has 0 saturated heterocycles. The van der Waals surface area contributed by atoms with E-state index in [0.29, 0.717) is 0 Å². The standard InChI is InChI=1S/C25H22BrF3N2O6S/c1-13-20(38(36,37)16-8-6-15(7-9-16)31(34)35)12-18(24(2,3)4)22(32)21(13)23(33)30-19-10-5-14(26)11-17(19)25(27,28)29/h5-12,32H,1-4H3,(H,30,33). The highest BCUT2D eigenvalue weighted by Gasteiger charge is 2.36. The van der Waals surface area contributed by atoms with Gasteiger partial charge in [-0.15, -0.1) is 0 Å². The van der Waals surface area contributed by atoms with Crippen LogP contribution in [0, 0.1) is 17.0 Å². The summed E-state index contributed by atoms with van der Waals surface area (Å²) in [4.78, 5) is 22.9. The minimum Gasteiger partial charge on any atom is -0.507 e. The van der Waals surface area contributed by atoms with Crippen LogP contribution in [0.25, 0.3) is 0 Å². The first-order chi connectivity index (χ1) is 17.4. The van der Waals surface area contributed by atoms with Gasteiger partial charge in [0.25, 0.3) is 11.6 Å². The molecule has 0 bridgehead atoms. The average Bonchev–Trinajstić information content (AvgIpc) is 2.78. The molecule has 3 rings (SSSR count). The van der Waals surface area contributed by atoms with Crippen molar-refractivity contribution in [1.82, 2.24) is 0 Å². The number of amides is 1. The molecular formula is C25H22BrF3N2O6S. The summed E-state index contributed by atoms with van der Waals surface area (Å²) in [6, 6.07) is 8.37. The van der Waals surface area contributed by atoms with Crippen LogP contribution in [-0.2, 0) is 21.4 Å². The molecule has 3 aromatic rings. The number of hydrogen-bond donors (Lipinski definition) is 2. The molecule has 0 spiro atoms. The number of nitrogens with zero attached hydrogens (tertiary/aromatic N) is 1. The maximum atomic E-state index is 13.6. The number of carbonyl (C=O) groups is 1. The highest BCUT2D eigenvalue weighted by molar-refractivity contribution is 9.10. The number of benzene rings is 3. The zero-order valence-corrected chi connectivity index (χ0v) is 22.9. The monoisotopic (exact) mass is 614 g/mol. The van der Waals surface area contributed by atoms with Crippen LogP contribution in [0.4, 0.5) is 24.5 Å². The number of anilines is 1. The number of rotatable bonds is 5. The van der Waals surface area contributed by atoms with Crippen LogP contribution in [0.15, 0.2) is 62.8 Å². The first kappa shape index (κ1) is 29.1. The van der Waals surface area contributed by atoms with E-state index >= 15 is 0 Å². The second-order valence-corrected chi connectivity index (χ2v) is 12.3. The summed E-state index contributed by atoms with van der Waals surface area (Å²) in [6.07, 6.45) is -4.82. The molecule has 0 heterocycles. The van der Waals surface area contributed by atoms with Gasteiger partial charge in [-0.1, -0.05) is 36.7 Å². The van der Waals surface area contributed by atoms with Gasteiger partial charge in [0.1, 0.15) is 5.75 Å². The van der Waals surface area contributed by atoms with Crippen molar-refractivity contribution in [3.8, 4) is 5.75 Å². The number of phenolic OH excluding ortho intramolecular Hbond substituents is 1. The summed E-state index contributed by atoms with van der Waals surface area (Å²) in [5, 5.41) is 24.1. The molecule has 13 heteroatoms. The van der Waals surface area contributed by atoms with Gasteiger partial charge in [0.2, 0.25) is 9.84 Å². The van der Waals surface area contributed by atoms with Gasteiger partial charge in [-0.3, -0.25) is 14.9 Å². The Morgan fingerprint density at radius 1 is 1.03 bits per heavy atom. The second kappa shape index (κ2) is 10.0. The maximum absolute atomic E-state index is 13.6. The Kier molecular flexibility index (Phi) is 7.68. The minimum atomic E-state index is -4.82. The molecule has 202 valence electrons. The number of nitro benzene ring substituents is 1. The molecule has 38 heavy (non-hydrogen) atoms. The lowest BCUT2D eigenvalue weighted by Gasteiger charge is -2.25. The van der Waals surface area contributed by atoms with Crippen molar-refractivity contribution < 1.29 is 36.4 Å². The summed E-state index contributed by atoms with van der Waals surface area (Å²) in [7, 11) is -4.38. The van der Waals surface area contributed by atoms with Crippen molar-refractivity contribution in [3.05, 3.63) is 85.4 Å². The number of phenols is 1. The molecule has 8 nitrogen and oxygen atoms in total. The van der Waals surface area contributed by atoms with Crippen LogP contribution in [0.3, 0.4) is 0 Å². The van der Waals surface area contributed by atoms with Crippen molar-refractivity contribution in [1.29, 1.82) is 0 Å². The van der Waals surface area contributed by atoms with E-state index in [1.807, 2.05) is 0 Å². The fraction of sp³-hybridized carbons (Fsp3) is 0.240. The van der Waals surface area contributed by atoms with Gasteiger partial charge >= 0.3 is 6.18 Å². The zero-order valence-electron chi connectivity index (χ0n) is 20.5. The number of nitro groups is 1. The third-order valence-electron chi connectivity index (χ3n) is 5.73. The first-order valence-electron chi connectivity index (χ1n) is 10.9. The van der Waals surface area contributed by atoms with Gasteiger partial charge in [0, 0.05) is 22.2 Å². The van der Waals surface area contributed by atoms with E-state index in [9.17, 15) is 41.6 Å². The SMILES string of the molecule is Cc1c(S(=O)(=O)c2ccc([N+](=O)[O-])cc2)cc(C(C)(C)C)c(O)c1C(=O)Nc1ccc(Br)cc1C(F)(F)F. The number of hydrogen-bond acceptors (Lipinski definition) is 6. The lowest BCUT2D eigenvalue weighted by atomic mass is 9.84. The Morgan fingerprint density at radius 3 is 2.11 bits per heavy atom. The lowest BCUT2D eigenvalue weighted by Crippen LogP contribution is -2.21. The van der Waals surface area contributed by atoms with Gasteiger partial charge in [0.15, 0.2) is 0 Å². The van der Waals surface area contributed by atoms with Gasteiger partial charge in [-0.25, -0.2) is 8.42 Å². The molecule has 0 saturated carbocycles. The van der Waals surface area contributed by atoms with Crippen molar-refractivity contribution in [3.63, 3.8) is 0 Å². The molecule has 0 aromatic heterocycles. The number of non-ortho nitro benzene ring substituents is 1. The lowest BCUT2D eigenvalue weighted by molar-refractivity contribution is -0.384. The molecule has 0 radical (unpaired) electrons. The Labute approximate surface area is 224 Å². The third kappa shape index (κ3) is 5.68. The summed E-state index contributed by atoms with van der Waals surface area (Å²) in [5.41, 5.74) is -3.64. The summed E-state index contributed by atoms with van der Waals surface area (Å²) >= 11 is 2.96. The van der Waals surface area contributed by atoms with Gasteiger partial charge in [-0.2, -0.15) is 13.2 Å². The molecule has 0 atom stereocenters. The van der Waals surface area contributed by atoms with Crippen LogP contribution in [0.1, 0.15) is 47.8 Å². The predicted molar refractivity (Wildman–Crippen MR) is 137 cm³/mol. The first-order valence-corrected chi connectivity index (χ1v) is 13.2. The molecule has 0 aliphatic rings. The fourth-order valence-electron chi connectivity index (χ4n) is 3.79. The topological polar surface area (TPSA) is 127 Å². The molecule has 3 aromatic carbocycles. The number of carbonyl (C=O) groups excluding carboxylic acids is 1. The highest BCUT2D eigenvalue weighted by atomic mass is 79.9. The fourth-order valence-corrected chi connectivity index (χ4v) is 5.68. The summed E-state index contributed by atoms with van der Waals surface area (Å²) in [5.74, 6) is -1.74. The van der Waals surface area contributed by atoms with Gasteiger partial charge < -0.3 is 10.4 Å². The van der Waals surface area contributed by atoms with E-state index in [-0.39, 0.29) is 31.1 Å². The smallest absolute Gasteiger partial charge is 0.418 e. The van der Waals surface area contributed by atoms with Crippen LogP contribution in [-0.4, -0.2) is 24.4 Å². The van der Waals surface area contributed by atoms with Crippen molar-refractivity contribution in [2.24, 2.45) is 0 Å². The third-order valence-corrected chi connectivity index (χ3v) is 8.12. The normalized spacial score (nSPS) is 12.3. The Bertz CT molecular complexity index is 1550. The van der Waals surface area contributed by atoms with Crippen molar-refractivity contribution >= 4 is 43.0 Å². The Balaban J connectivity index is 2.24. The number of halogens is 4. The van der Waals surface area contributed by atoms with E-state index in [1.54, 1.807) is 20.8 Å². The van der Waals surface area contributed by atoms with E-state index in [4.69, 9.17) is 0 Å². The Morgan fingerprint density at radius 2 is 1.61 bits per heavy atom. The molecule has 0 unspecified atom stereocenters. The number of alkyl halides is 3. The van der Waals surface area contributed by atoms with E-state index in [2.05, 4.69) is 21.2 Å². The van der Waals surface area contributed by atoms with Crippen LogP contribution in [0.5, 0.6) is 5.75 Å². The maximum Gasteiger partial charge on any atom is 0.418 e.